The molecule has 7 nitrogen and oxygen atoms in total. The summed E-state index contributed by atoms with van der Waals surface area (Å²) in [5.41, 5.74) is 0.680. The number of hydrogen-bond acceptors (Lipinski definition) is 5. The van der Waals surface area contributed by atoms with E-state index in [1.54, 1.807) is 19.1 Å². The molecule has 25 heavy (non-hydrogen) atoms. The van der Waals surface area contributed by atoms with Crippen molar-refractivity contribution in [1.29, 1.82) is 0 Å². The SMILES string of the molecule is Cc1ccc(CC(=O)Cn2ncc(Cl)cc2=O)cc1S(=O)(=O)N(C)C. The summed E-state index contributed by atoms with van der Waals surface area (Å²) in [6.07, 6.45) is 1.27. The van der Waals surface area contributed by atoms with Gasteiger partial charge in [0.15, 0.2) is 5.78 Å². The van der Waals surface area contributed by atoms with Crippen molar-refractivity contribution in [3.63, 3.8) is 0 Å². The Morgan fingerprint density at radius 2 is 1.96 bits per heavy atom. The minimum atomic E-state index is -3.60. The Bertz CT molecular complexity index is 968. The molecule has 0 aliphatic carbocycles. The van der Waals surface area contributed by atoms with Crippen LogP contribution in [0, 0.1) is 6.92 Å². The van der Waals surface area contributed by atoms with Crippen LogP contribution in [0.4, 0.5) is 0 Å². The second kappa shape index (κ2) is 7.47. The van der Waals surface area contributed by atoms with Crippen LogP contribution in [0.5, 0.6) is 0 Å². The van der Waals surface area contributed by atoms with Crippen LogP contribution in [0.1, 0.15) is 11.1 Å². The molecule has 9 heteroatoms. The number of aromatic nitrogens is 2. The second-order valence-electron chi connectivity index (χ2n) is 5.77. The molecule has 0 atom stereocenters. The maximum atomic E-state index is 12.3. The third-order valence-corrected chi connectivity index (χ3v) is 5.74. The van der Waals surface area contributed by atoms with Gasteiger partial charge in [0.25, 0.3) is 5.56 Å². The van der Waals surface area contributed by atoms with Gasteiger partial charge in [-0.15, -0.1) is 0 Å². The molecule has 1 aromatic carbocycles. The summed E-state index contributed by atoms with van der Waals surface area (Å²) in [4.78, 5) is 24.1. The quantitative estimate of drug-likeness (QED) is 0.749. The van der Waals surface area contributed by atoms with Crippen molar-refractivity contribution < 1.29 is 13.2 Å². The molecule has 2 aromatic rings. The van der Waals surface area contributed by atoms with Crippen LogP contribution in [0.15, 0.2) is 40.2 Å². The number of carbonyl (C=O) groups excluding carboxylic acids is 1. The number of Topliss-reactive ketones (excluding diaryl/α,β-unsaturated/α-hetero) is 1. The van der Waals surface area contributed by atoms with Crippen LogP contribution < -0.4 is 5.56 Å². The molecule has 0 aliphatic rings. The fourth-order valence-electron chi connectivity index (χ4n) is 2.21. The summed E-state index contributed by atoms with van der Waals surface area (Å²) in [5.74, 6) is -0.269. The number of ketones is 1. The first-order valence-corrected chi connectivity index (χ1v) is 9.19. The van der Waals surface area contributed by atoms with Gasteiger partial charge in [0.05, 0.1) is 16.1 Å². The highest BCUT2D eigenvalue weighted by Crippen LogP contribution is 2.20. The molecule has 0 saturated carbocycles. The zero-order chi connectivity index (χ0) is 18.8. The molecule has 0 unspecified atom stereocenters. The number of rotatable bonds is 6. The number of halogens is 1. The number of sulfonamides is 1. The van der Waals surface area contributed by atoms with Gasteiger partial charge in [-0.1, -0.05) is 23.7 Å². The smallest absolute Gasteiger partial charge is 0.268 e. The lowest BCUT2D eigenvalue weighted by molar-refractivity contribution is -0.119. The van der Waals surface area contributed by atoms with E-state index in [0.29, 0.717) is 11.1 Å². The number of nitrogens with zero attached hydrogens (tertiary/aromatic N) is 3. The Labute approximate surface area is 150 Å². The van der Waals surface area contributed by atoms with Gasteiger partial charge in [0.2, 0.25) is 10.0 Å². The van der Waals surface area contributed by atoms with E-state index >= 15 is 0 Å². The Morgan fingerprint density at radius 3 is 2.56 bits per heavy atom. The van der Waals surface area contributed by atoms with Gasteiger partial charge in [-0.25, -0.2) is 17.4 Å². The minimum Gasteiger partial charge on any atom is -0.297 e. The Morgan fingerprint density at radius 1 is 1.28 bits per heavy atom. The summed E-state index contributed by atoms with van der Waals surface area (Å²) in [6, 6.07) is 6.02. The van der Waals surface area contributed by atoms with Crippen LogP contribution >= 0.6 is 11.6 Å². The standard InChI is InChI=1S/C16H18ClN3O4S/c1-11-4-5-12(7-15(11)25(23,24)19(2)3)6-14(21)10-20-16(22)8-13(17)9-18-20/h4-5,7-9H,6,10H2,1-3H3. The van der Waals surface area contributed by atoms with E-state index in [9.17, 15) is 18.0 Å². The fourth-order valence-corrected chi connectivity index (χ4v) is 3.52. The first-order valence-electron chi connectivity index (χ1n) is 7.37. The van der Waals surface area contributed by atoms with Crippen molar-refractivity contribution in [3.8, 4) is 0 Å². The summed E-state index contributed by atoms with van der Waals surface area (Å²) in [7, 11) is -0.697. The normalized spacial score (nSPS) is 11.7. The third-order valence-electron chi connectivity index (χ3n) is 3.57. The predicted molar refractivity (Wildman–Crippen MR) is 94.3 cm³/mol. The predicted octanol–water partition coefficient (Wildman–Crippen LogP) is 1.27. The van der Waals surface area contributed by atoms with E-state index in [4.69, 9.17) is 11.6 Å². The lowest BCUT2D eigenvalue weighted by Gasteiger charge is -2.14. The Kier molecular flexibility index (Phi) is 5.76. The molecule has 0 aliphatic heterocycles. The van der Waals surface area contributed by atoms with E-state index < -0.39 is 15.6 Å². The first-order chi connectivity index (χ1) is 11.6. The zero-order valence-electron chi connectivity index (χ0n) is 14.1. The monoisotopic (exact) mass is 383 g/mol. The van der Waals surface area contributed by atoms with Crippen molar-refractivity contribution in [2.24, 2.45) is 0 Å². The van der Waals surface area contributed by atoms with Crippen LogP contribution in [0.3, 0.4) is 0 Å². The highest BCUT2D eigenvalue weighted by Gasteiger charge is 2.20. The molecule has 0 N–H and O–H groups in total. The third kappa shape index (κ3) is 4.53. The van der Waals surface area contributed by atoms with Gasteiger partial charge in [-0.3, -0.25) is 9.59 Å². The van der Waals surface area contributed by atoms with Gasteiger partial charge in [-0.2, -0.15) is 5.10 Å². The molecule has 2 rings (SSSR count). The lowest BCUT2D eigenvalue weighted by atomic mass is 10.1. The fraction of sp³-hybridized carbons (Fsp3) is 0.312. The molecule has 0 radical (unpaired) electrons. The Balaban J connectivity index is 2.23. The molecule has 134 valence electrons. The number of aryl methyl sites for hydroxylation is 1. The van der Waals surface area contributed by atoms with E-state index in [0.717, 1.165) is 8.99 Å². The minimum absolute atomic E-state index is 0.00697. The van der Waals surface area contributed by atoms with Crippen molar-refractivity contribution in [2.75, 3.05) is 14.1 Å². The summed E-state index contributed by atoms with van der Waals surface area (Å²) in [5, 5.41) is 4.00. The maximum Gasteiger partial charge on any atom is 0.268 e. The highest BCUT2D eigenvalue weighted by atomic mass is 35.5. The molecule has 0 bridgehead atoms. The van der Waals surface area contributed by atoms with Gasteiger partial charge in [0.1, 0.15) is 6.54 Å². The molecule has 1 heterocycles. The van der Waals surface area contributed by atoms with Gasteiger partial charge >= 0.3 is 0 Å². The maximum absolute atomic E-state index is 12.3. The lowest BCUT2D eigenvalue weighted by Crippen LogP contribution is -2.26. The summed E-state index contributed by atoms with van der Waals surface area (Å²) >= 11 is 5.66. The van der Waals surface area contributed by atoms with Crippen molar-refractivity contribution >= 4 is 27.4 Å². The number of benzene rings is 1. The van der Waals surface area contributed by atoms with Crippen LogP contribution in [0.25, 0.3) is 0 Å². The zero-order valence-corrected chi connectivity index (χ0v) is 15.6. The molecule has 0 spiro atoms. The van der Waals surface area contributed by atoms with Crippen molar-refractivity contribution in [2.45, 2.75) is 24.8 Å². The van der Waals surface area contributed by atoms with Gasteiger partial charge in [0, 0.05) is 26.6 Å². The number of hydrogen-bond donors (Lipinski definition) is 0. The van der Waals surface area contributed by atoms with Crippen LogP contribution in [-0.4, -0.2) is 42.4 Å². The summed E-state index contributed by atoms with van der Waals surface area (Å²) < 4.78 is 26.8. The average Bonchev–Trinajstić information content (AvgIpc) is 2.51. The molecule has 0 amide bonds. The molecule has 1 aromatic heterocycles. The second-order valence-corrected chi connectivity index (χ2v) is 8.33. The van der Waals surface area contributed by atoms with E-state index in [1.807, 2.05) is 0 Å². The Hall–Kier alpha value is -2.03. The average molecular weight is 384 g/mol. The van der Waals surface area contributed by atoms with E-state index in [2.05, 4.69) is 5.10 Å². The van der Waals surface area contributed by atoms with Crippen LogP contribution in [0.2, 0.25) is 5.02 Å². The summed E-state index contributed by atoms with van der Waals surface area (Å²) in [6.45, 7) is 1.48. The highest BCUT2D eigenvalue weighted by molar-refractivity contribution is 7.89. The molecule has 0 saturated heterocycles. The van der Waals surface area contributed by atoms with Gasteiger partial charge < -0.3 is 0 Å². The topological polar surface area (TPSA) is 89.3 Å². The van der Waals surface area contributed by atoms with Crippen molar-refractivity contribution in [3.05, 3.63) is 57.0 Å². The van der Waals surface area contributed by atoms with Crippen molar-refractivity contribution in [1.82, 2.24) is 14.1 Å². The molecular formula is C16H18ClN3O4S. The van der Waals surface area contributed by atoms with Crippen LogP contribution in [-0.2, 0) is 27.8 Å². The molecule has 0 fully saturated rings. The van der Waals surface area contributed by atoms with Gasteiger partial charge in [-0.05, 0) is 24.1 Å². The largest absolute Gasteiger partial charge is 0.297 e. The molecular weight excluding hydrogens is 366 g/mol. The first kappa shape index (κ1) is 19.3. The number of carbonyl (C=O) groups is 1. The van der Waals surface area contributed by atoms with E-state index in [1.165, 1.54) is 32.4 Å². The van der Waals surface area contributed by atoms with E-state index in [-0.39, 0.29) is 28.7 Å².